The summed E-state index contributed by atoms with van der Waals surface area (Å²) in [7, 11) is -2.25. The Kier molecular flexibility index (Phi) is 7.79. The number of hydrogen-bond donors (Lipinski definition) is 5. The zero-order valence-electron chi connectivity index (χ0n) is 22.8. The summed E-state index contributed by atoms with van der Waals surface area (Å²) in [5.41, 5.74) is 3.13. The lowest BCUT2D eigenvalue weighted by Crippen LogP contribution is -2.52. The summed E-state index contributed by atoms with van der Waals surface area (Å²) in [4.78, 5) is 53.8. The van der Waals surface area contributed by atoms with E-state index >= 15 is 0 Å². The van der Waals surface area contributed by atoms with E-state index < -0.39 is 62.0 Å². The molecule has 12 nitrogen and oxygen atoms in total. The fourth-order valence-electron chi connectivity index (χ4n) is 6.43. The third kappa shape index (κ3) is 5.42. The molecule has 4 atom stereocenters. The van der Waals surface area contributed by atoms with Gasteiger partial charge < -0.3 is 40.0 Å². The molecule has 4 aliphatic rings. The fraction of sp³-hybridized carbons (Fsp3) is 0.429. The van der Waals surface area contributed by atoms with E-state index in [0.717, 1.165) is 24.0 Å². The smallest absolute Gasteiger partial charge is 0.481 e. The normalized spacial score (nSPS) is 24.8. The first-order chi connectivity index (χ1) is 20.2. The van der Waals surface area contributed by atoms with Gasteiger partial charge in [0.1, 0.15) is 6.04 Å². The molecule has 0 aromatic heterocycles. The van der Waals surface area contributed by atoms with Crippen LogP contribution in [0.5, 0.6) is 0 Å². The fourth-order valence-corrected chi connectivity index (χ4v) is 6.43. The predicted octanol–water partition coefficient (Wildman–Crippen LogP) is -1.11. The van der Waals surface area contributed by atoms with Gasteiger partial charge in [0.05, 0.1) is 19.1 Å². The van der Waals surface area contributed by atoms with Crippen LogP contribution in [0.15, 0.2) is 36.4 Å². The lowest BCUT2D eigenvalue weighted by Gasteiger charge is -2.31. The SMILES string of the molecule is O=C(NC1C[C@@H](C(=O)N[C@H]2CCCC[C@@H]2C(=O)O)N(C(=O)c2ccc3c(c2)B(O)OC3)C1)c1ccc2c(c1)B(O)OC2. The van der Waals surface area contributed by atoms with Crippen LogP contribution in [-0.4, -0.2) is 82.7 Å². The standard InChI is InChI=1S/C28H31B2N3O9/c34-25(15-5-7-17-13-41-29(39)21(17)9-15)31-19-11-24(26(35)32-23-4-2-1-3-20(23)28(37)38)33(12-19)27(36)16-6-8-18-14-42-30(40)22(18)10-16/h5-10,19-20,23-24,39-40H,1-4,11-14H2,(H,31,34)(H,32,35)(H,37,38)/t19?,20-,23-,24-/m0/s1. The number of carboxylic acid groups (broad SMARTS) is 1. The zero-order chi connectivity index (χ0) is 29.5. The zero-order valence-corrected chi connectivity index (χ0v) is 22.8. The molecule has 42 heavy (non-hydrogen) atoms. The summed E-state index contributed by atoms with van der Waals surface area (Å²) in [5.74, 6) is -3.02. The Balaban J connectivity index is 1.23. The third-order valence-corrected chi connectivity index (χ3v) is 8.74. The van der Waals surface area contributed by atoms with E-state index in [9.17, 15) is 34.3 Å². The molecule has 1 saturated heterocycles. The van der Waals surface area contributed by atoms with Crippen molar-refractivity contribution >= 4 is 48.9 Å². The van der Waals surface area contributed by atoms with Gasteiger partial charge in [0.2, 0.25) is 5.91 Å². The molecule has 2 aromatic rings. The van der Waals surface area contributed by atoms with Crippen LogP contribution < -0.4 is 21.6 Å². The molecule has 1 unspecified atom stereocenters. The molecule has 0 bridgehead atoms. The van der Waals surface area contributed by atoms with E-state index in [4.69, 9.17) is 9.31 Å². The quantitative estimate of drug-likeness (QED) is 0.268. The van der Waals surface area contributed by atoms with Crippen molar-refractivity contribution in [3.8, 4) is 0 Å². The molecular weight excluding hydrogens is 544 g/mol. The van der Waals surface area contributed by atoms with Crippen molar-refractivity contribution in [1.82, 2.24) is 15.5 Å². The summed E-state index contributed by atoms with van der Waals surface area (Å²) in [6.07, 6.45) is 2.68. The molecule has 3 amide bonds. The van der Waals surface area contributed by atoms with Crippen LogP contribution >= 0.6 is 0 Å². The number of carbonyl (C=O) groups is 4. The molecule has 2 aromatic carbocycles. The number of amides is 3. The number of aliphatic carboxylic acids is 1. The van der Waals surface area contributed by atoms with Gasteiger partial charge in [-0.25, -0.2) is 0 Å². The number of rotatable bonds is 6. The number of carboxylic acids is 1. The van der Waals surface area contributed by atoms with Crippen molar-refractivity contribution in [2.45, 2.75) is 63.4 Å². The highest BCUT2D eigenvalue weighted by Crippen LogP contribution is 2.27. The Bertz CT molecular complexity index is 1440. The Hall–Kier alpha value is -3.71. The molecule has 2 fully saturated rings. The highest BCUT2D eigenvalue weighted by Gasteiger charge is 2.43. The molecule has 5 N–H and O–H groups in total. The lowest BCUT2D eigenvalue weighted by atomic mass is 9.78. The second kappa shape index (κ2) is 11.5. The lowest BCUT2D eigenvalue weighted by molar-refractivity contribution is -0.144. The maximum absolute atomic E-state index is 13.8. The molecule has 3 heterocycles. The van der Waals surface area contributed by atoms with Crippen molar-refractivity contribution in [2.24, 2.45) is 5.92 Å². The van der Waals surface area contributed by atoms with Crippen molar-refractivity contribution < 1.29 is 43.6 Å². The molecule has 3 aliphatic heterocycles. The summed E-state index contributed by atoms with van der Waals surface area (Å²) in [5, 5.41) is 35.7. The Morgan fingerprint density at radius 3 is 2.14 bits per heavy atom. The number of benzene rings is 2. The van der Waals surface area contributed by atoms with Crippen molar-refractivity contribution in [3.05, 3.63) is 58.7 Å². The highest BCUT2D eigenvalue weighted by atomic mass is 16.5. The first kappa shape index (κ1) is 28.4. The van der Waals surface area contributed by atoms with Gasteiger partial charge in [-0.05, 0) is 65.6 Å². The van der Waals surface area contributed by atoms with Crippen molar-refractivity contribution in [1.29, 1.82) is 0 Å². The number of nitrogens with one attached hydrogen (secondary N) is 2. The average molecular weight is 575 g/mol. The predicted molar refractivity (Wildman–Crippen MR) is 150 cm³/mol. The van der Waals surface area contributed by atoms with Gasteiger partial charge in [-0.15, -0.1) is 0 Å². The van der Waals surface area contributed by atoms with E-state index in [1.807, 2.05) is 0 Å². The van der Waals surface area contributed by atoms with E-state index in [-0.39, 0.29) is 31.7 Å². The van der Waals surface area contributed by atoms with E-state index in [1.165, 1.54) is 4.90 Å². The monoisotopic (exact) mass is 575 g/mol. The minimum atomic E-state index is -1.15. The maximum atomic E-state index is 13.8. The van der Waals surface area contributed by atoms with Gasteiger partial charge in [0, 0.05) is 29.8 Å². The summed E-state index contributed by atoms with van der Waals surface area (Å²) in [6.45, 7) is 0.527. The van der Waals surface area contributed by atoms with E-state index in [2.05, 4.69) is 10.6 Å². The molecule has 1 aliphatic carbocycles. The molecule has 6 rings (SSSR count). The molecule has 0 radical (unpaired) electrons. The Morgan fingerprint density at radius 1 is 0.857 bits per heavy atom. The van der Waals surface area contributed by atoms with Crippen molar-refractivity contribution in [2.75, 3.05) is 6.54 Å². The van der Waals surface area contributed by atoms with Crippen LogP contribution in [0.1, 0.15) is 63.9 Å². The Morgan fingerprint density at radius 2 is 1.48 bits per heavy atom. The van der Waals surface area contributed by atoms with Crippen molar-refractivity contribution in [3.63, 3.8) is 0 Å². The van der Waals surface area contributed by atoms with Crippen LogP contribution in [0.2, 0.25) is 0 Å². The number of likely N-dealkylation sites (tertiary alicyclic amines) is 1. The number of carbonyl (C=O) groups excluding carboxylic acids is 3. The first-order valence-electron chi connectivity index (χ1n) is 14.2. The van der Waals surface area contributed by atoms with Gasteiger partial charge in [-0.1, -0.05) is 25.0 Å². The molecule has 0 spiro atoms. The van der Waals surface area contributed by atoms with Crippen LogP contribution in [0, 0.1) is 5.92 Å². The molecular formula is C28H31B2N3O9. The largest absolute Gasteiger partial charge is 0.491 e. The number of fused-ring (bicyclic) bond motifs is 2. The van der Waals surface area contributed by atoms with Crippen LogP contribution in [-0.2, 0) is 32.1 Å². The minimum absolute atomic E-state index is 0.0441. The van der Waals surface area contributed by atoms with Gasteiger partial charge in [0.25, 0.3) is 11.8 Å². The number of nitrogens with zero attached hydrogens (tertiary/aromatic N) is 1. The summed E-state index contributed by atoms with van der Waals surface area (Å²) in [6, 6.07) is 7.70. The van der Waals surface area contributed by atoms with Gasteiger partial charge in [-0.2, -0.15) is 0 Å². The topological polar surface area (TPSA) is 175 Å². The van der Waals surface area contributed by atoms with Gasteiger partial charge in [0.15, 0.2) is 0 Å². The van der Waals surface area contributed by atoms with Gasteiger partial charge in [-0.3, -0.25) is 19.2 Å². The average Bonchev–Trinajstić information content (AvgIpc) is 3.69. The number of hydrogen-bond acceptors (Lipinski definition) is 8. The van der Waals surface area contributed by atoms with E-state index in [1.54, 1.807) is 36.4 Å². The van der Waals surface area contributed by atoms with E-state index in [0.29, 0.717) is 29.3 Å². The van der Waals surface area contributed by atoms with Crippen LogP contribution in [0.3, 0.4) is 0 Å². The van der Waals surface area contributed by atoms with Crippen LogP contribution in [0.25, 0.3) is 0 Å². The second-order valence-electron chi connectivity index (χ2n) is 11.4. The second-order valence-corrected chi connectivity index (χ2v) is 11.4. The molecule has 1 saturated carbocycles. The molecule has 14 heteroatoms. The van der Waals surface area contributed by atoms with Crippen LogP contribution in [0.4, 0.5) is 0 Å². The summed E-state index contributed by atoms with van der Waals surface area (Å²) < 4.78 is 10.4. The van der Waals surface area contributed by atoms with Gasteiger partial charge >= 0.3 is 20.2 Å². The maximum Gasteiger partial charge on any atom is 0.491 e. The molecule has 218 valence electrons. The Labute approximate surface area is 242 Å². The third-order valence-electron chi connectivity index (χ3n) is 8.74. The summed E-state index contributed by atoms with van der Waals surface area (Å²) >= 11 is 0. The first-order valence-corrected chi connectivity index (χ1v) is 14.2. The highest BCUT2D eigenvalue weighted by molar-refractivity contribution is 6.62. The minimum Gasteiger partial charge on any atom is -0.481 e.